The van der Waals surface area contributed by atoms with Gasteiger partial charge in [0.15, 0.2) is 6.10 Å². The lowest BCUT2D eigenvalue weighted by molar-refractivity contribution is -0.384. The highest BCUT2D eigenvalue weighted by Crippen LogP contribution is 2.29. The van der Waals surface area contributed by atoms with Gasteiger partial charge >= 0.3 is 6.18 Å². The molecular formula is C16H13F3N2O4. The molecule has 9 heteroatoms. The Morgan fingerprint density at radius 3 is 2.16 bits per heavy atom. The van der Waals surface area contributed by atoms with Gasteiger partial charge in [-0.05, 0) is 43.3 Å². The first kappa shape index (κ1) is 18.2. The van der Waals surface area contributed by atoms with E-state index in [-0.39, 0.29) is 17.1 Å². The number of nitrogens with zero attached hydrogens (tertiary/aromatic N) is 1. The maximum atomic E-state index is 12.5. The molecule has 1 atom stereocenters. The van der Waals surface area contributed by atoms with Crippen molar-refractivity contribution in [2.24, 2.45) is 0 Å². The molecule has 6 nitrogen and oxygen atoms in total. The van der Waals surface area contributed by atoms with Crippen molar-refractivity contribution in [1.29, 1.82) is 0 Å². The monoisotopic (exact) mass is 354 g/mol. The number of alkyl halides is 3. The molecule has 25 heavy (non-hydrogen) atoms. The minimum Gasteiger partial charge on any atom is -0.481 e. The van der Waals surface area contributed by atoms with Crippen molar-refractivity contribution in [3.63, 3.8) is 0 Å². The van der Waals surface area contributed by atoms with Crippen LogP contribution in [0.3, 0.4) is 0 Å². The predicted molar refractivity (Wildman–Crippen MR) is 83.3 cm³/mol. The summed E-state index contributed by atoms with van der Waals surface area (Å²) in [6.45, 7) is 1.45. The van der Waals surface area contributed by atoms with Gasteiger partial charge in [-0.2, -0.15) is 13.2 Å². The number of non-ortho nitro benzene ring substituents is 1. The van der Waals surface area contributed by atoms with Gasteiger partial charge in [0.2, 0.25) is 0 Å². The number of carbonyl (C=O) groups excluding carboxylic acids is 1. The Balaban J connectivity index is 1.97. The first-order valence-corrected chi connectivity index (χ1v) is 7.06. The van der Waals surface area contributed by atoms with E-state index in [1.54, 1.807) is 0 Å². The number of nitrogens with one attached hydrogen (secondary N) is 1. The van der Waals surface area contributed by atoms with Crippen LogP contribution in [0.15, 0.2) is 48.5 Å². The van der Waals surface area contributed by atoms with E-state index in [4.69, 9.17) is 4.74 Å². The van der Waals surface area contributed by atoms with Gasteiger partial charge in [-0.1, -0.05) is 0 Å². The highest BCUT2D eigenvalue weighted by molar-refractivity contribution is 5.94. The smallest absolute Gasteiger partial charge is 0.416 e. The highest BCUT2D eigenvalue weighted by Gasteiger charge is 2.30. The van der Waals surface area contributed by atoms with E-state index in [9.17, 15) is 28.1 Å². The molecule has 0 radical (unpaired) electrons. The number of hydrogen-bond donors (Lipinski definition) is 1. The first-order valence-electron chi connectivity index (χ1n) is 7.06. The number of halogens is 3. The fourth-order valence-electron chi connectivity index (χ4n) is 1.89. The fourth-order valence-corrected chi connectivity index (χ4v) is 1.89. The summed E-state index contributed by atoms with van der Waals surface area (Å²) in [5, 5.41) is 13.0. The van der Waals surface area contributed by atoms with E-state index in [0.29, 0.717) is 0 Å². The summed E-state index contributed by atoms with van der Waals surface area (Å²) in [4.78, 5) is 22.0. The molecule has 2 aromatic carbocycles. The van der Waals surface area contributed by atoms with Crippen LogP contribution in [-0.4, -0.2) is 16.9 Å². The minimum atomic E-state index is -4.45. The lowest BCUT2D eigenvalue weighted by Gasteiger charge is -2.15. The Morgan fingerprint density at radius 1 is 1.12 bits per heavy atom. The zero-order valence-electron chi connectivity index (χ0n) is 12.9. The van der Waals surface area contributed by atoms with E-state index in [2.05, 4.69) is 5.32 Å². The molecule has 132 valence electrons. The second-order valence-electron chi connectivity index (χ2n) is 5.08. The third-order valence-electron chi connectivity index (χ3n) is 3.21. The number of nitro groups is 1. The molecule has 1 amide bonds. The second-order valence-corrected chi connectivity index (χ2v) is 5.08. The molecule has 0 aliphatic heterocycles. The molecule has 0 heterocycles. The summed E-state index contributed by atoms with van der Waals surface area (Å²) >= 11 is 0. The Morgan fingerprint density at radius 2 is 1.68 bits per heavy atom. The van der Waals surface area contributed by atoms with Crippen LogP contribution in [0.5, 0.6) is 5.75 Å². The van der Waals surface area contributed by atoms with Crippen LogP contribution in [0.1, 0.15) is 12.5 Å². The van der Waals surface area contributed by atoms with Gasteiger partial charge in [0.05, 0.1) is 10.5 Å². The summed E-state index contributed by atoms with van der Waals surface area (Å²) < 4.78 is 42.8. The molecule has 0 spiro atoms. The van der Waals surface area contributed by atoms with Gasteiger partial charge in [-0.15, -0.1) is 0 Å². The SMILES string of the molecule is C[C@@H](Oc1ccc([N+](=O)[O-])cc1)C(=O)Nc1ccc(C(F)(F)F)cc1. The molecule has 0 fully saturated rings. The van der Waals surface area contributed by atoms with Gasteiger partial charge in [0.25, 0.3) is 11.6 Å². The summed E-state index contributed by atoms with van der Waals surface area (Å²) in [5.74, 6) is -0.321. The van der Waals surface area contributed by atoms with Crippen LogP contribution < -0.4 is 10.1 Å². The van der Waals surface area contributed by atoms with E-state index in [1.165, 1.54) is 31.2 Å². The molecule has 0 aliphatic carbocycles. The van der Waals surface area contributed by atoms with Crippen LogP contribution >= 0.6 is 0 Å². The van der Waals surface area contributed by atoms with Gasteiger partial charge in [0.1, 0.15) is 5.75 Å². The molecule has 1 N–H and O–H groups in total. The van der Waals surface area contributed by atoms with Crippen LogP contribution in [-0.2, 0) is 11.0 Å². The molecule has 0 aromatic heterocycles. The van der Waals surface area contributed by atoms with Crippen LogP contribution in [0.2, 0.25) is 0 Å². The summed E-state index contributed by atoms with van der Waals surface area (Å²) in [6.07, 6.45) is -5.40. The Bertz CT molecular complexity index is 758. The van der Waals surface area contributed by atoms with Crippen molar-refractivity contribution in [2.45, 2.75) is 19.2 Å². The molecule has 0 saturated carbocycles. The third kappa shape index (κ3) is 4.93. The van der Waals surface area contributed by atoms with Crippen molar-refractivity contribution in [2.75, 3.05) is 5.32 Å². The first-order chi connectivity index (χ1) is 11.7. The number of hydrogen-bond acceptors (Lipinski definition) is 4. The predicted octanol–water partition coefficient (Wildman–Crippen LogP) is 4.02. The van der Waals surface area contributed by atoms with Crippen molar-refractivity contribution in [3.05, 3.63) is 64.2 Å². The number of rotatable bonds is 5. The van der Waals surface area contributed by atoms with Gasteiger partial charge < -0.3 is 10.1 Å². The summed E-state index contributed by atoms with van der Waals surface area (Å²) in [7, 11) is 0. The zero-order valence-corrected chi connectivity index (χ0v) is 12.9. The fraction of sp³-hybridized carbons (Fsp3) is 0.188. The Hall–Kier alpha value is -3.10. The van der Waals surface area contributed by atoms with Crippen LogP contribution in [0, 0.1) is 10.1 Å². The Labute approximate surface area is 140 Å². The maximum Gasteiger partial charge on any atom is 0.416 e. The quantitative estimate of drug-likeness (QED) is 0.649. The van der Waals surface area contributed by atoms with Crippen LogP contribution in [0.25, 0.3) is 0 Å². The highest BCUT2D eigenvalue weighted by atomic mass is 19.4. The van der Waals surface area contributed by atoms with Gasteiger partial charge in [0, 0.05) is 17.8 Å². The molecular weight excluding hydrogens is 341 g/mol. The van der Waals surface area contributed by atoms with Gasteiger partial charge in [-0.25, -0.2) is 0 Å². The normalized spacial score (nSPS) is 12.3. The van der Waals surface area contributed by atoms with E-state index in [1.807, 2.05) is 0 Å². The summed E-state index contributed by atoms with van der Waals surface area (Å²) in [5.41, 5.74) is -0.743. The minimum absolute atomic E-state index is 0.116. The molecule has 0 saturated heterocycles. The average Bonchev–Trinajstić information content (AvgIpc) is 2.55. The van der Waals surface area contributed by atoms with Crippen molar-refractivity contribution >= 4 is 17.3 Å². The molecule has 0 bridgehead atoms. The number of benzene rings is 2. The second kappa shape index (κ2) is 7.20. The number of nitro benzene ring substituents is 1. The molecule has 0 unspecified atom stereocenters. The third-order valence-corrected chi connectivity index (χ3v) is 3.21. The van der Waals surface area contributed by atoms with Crippen molar-refractivity contribution in [1.82, 2.24) is 0 Å². The topological polar surface area (TPSA) is 81.5 Å². The number of anilines is 1. The zero-order chi connectivity index (χ0) is 18.6. The van der Waals surface area contributed by atoms with E-state index >= 15 is 0 Å². The molecule has 2 rings (SSSR count). The average molecular weight is 354 g/mol. The van der Waals surface area contributed by atoms with E-state index < -0.39 is 28.7 Å². The number of carbonyl (C=O) groups is 1. The molecule has 2 aromatic rings. The standard InChI is InChI=1S/C16H13F3N2O4/c1-10(25-14-8-6-13(7-9-14)21(23)24)15(22)20-12-4-2-11(3-5-12)16(17,18)19/h2-10H,1H3,(H,20,22)/t10-/m1/s1. The van der Waals surface area contributed by atoms with Crippen molar-refractivity contribution < 1.29 is 27.6 Å². The summed E-state index contributed by atoms with van der Waals surface area (Å²) in [6, 6.07) is 9.15. The number of ether oxygens (including phenoxy) is 1. The number of amides is 1. The van der Waals surface area contributed by atoms with Crippen LogP contribution in [0.4, 0.5) is 24.5 Å². The lowest BCUT2D eigenvalue weighted by atomic mass is 10.2. The maximum absolute atomic E-state index is 12.5. The largest absolute Gasteiger partial charge is 0.481 e. The Kier molecular flexibility index (Phi) is 5.26. The lowest BCUT2D eigenvalue weighted by Crippen LogP contribution is -2.30. The molecule has 0 aliphatic rings. The van der Waals surface area contributed by atoms with Gasteiger partial charge in [-0.3, -0.25) is 14.9 Å². The van der Waals surface area contributed by atoms with E-state index in [0.717, 1.165) is 24.3 Å². The van der Waals surface area contributed by atoms with Crippen molar-refractivity contribution in [3.8, 4) is 5.75 Å².